The van der Waals surface area contributed by atoms with Crippen molar-refractivity contribution in [2.24, 2.45) is 0 Å². The van der Waals surface area contributed by atoms with Gasteiger partial charge in [-0.05, 0) is 24.6 Å². The molecule has 0 aromatic heterocycles. The van der Waals surface area contributed by atoms with E-state index in [4.69, 9.17) is 4.74 Å². The fourth-order valence-electron chi connectivity index (χ4n) is 3.67. The molecule has 1 fully saturated rings. The molecule has 1 saturated heterocycles. The highest BCUT2D eigenvalue weighted by Gasteiger charge is 2.28. The lowest BCUT2D eigenvalue weighted by Crippen LogP contribution is -2.52. The minimum atomic E-state index is -1.17. The molecule has 1 aliphatic rings. The molecule has 29 heavy (non-hydrogen) atoms. The Hall–Kier alpha value is -2.16. The maximum atomic E-state index is 14.3. The second-order valence-electron chi connectivity index (χ2n) is 7.15. The number of nitrogens with zero attached hydrogens (tertiary/aromatic N) is 2. The highest BCUT2D eigenvalue weighted by molar-refractivity contribution is 5.29. The standard InChI is InChI=1S/C21H24F4N2O2/c1-29-16-3-2-14(20(24)10-16)11-27-8-7-26(12-15(27)6-9-28)13-17-18(22)4-5-19(23)21(17)25/h2-5,10,15,28H,6-9,11-13H2,1H3/t15-/m0/s1. The van der Waals surface area contributed by atoms with Crippen LogP contribution in [0.3, 0.4) is 0 Å². The van der Waals surface area contributed by atoms with Gasteiger partial charge in [0.1, 0.15) is 17.4 Å². The first kappa shape index (κ1) is 21.5. The Morgan fingerprint density at radius 3 is 2.45 bits per heavy atom. The van der Waals surface area contributed by atoms with E-state index in [2.05, 4.69) is 0 Å². The van der Waals surface area contributed by atoms with Gasteiger partial charge in [0.05, 0.1) is 7.11 Å². The van der Waals surface area contributed by atoms with E-state index in [-0.39, 0.29) is 30.6 Å². The summed E-state index contributed by atoms with van der Waals surface area (Å²) in [5.41, 5.74) is 0.201. The first-order chi connectivity index (χ1) is 13.9. The number of methoxy groups -OCH3 is 1. The summed E-state index contributed by atoms with van der Waals surface area (Å²) in [5, 5.41) is 9.42. The molecule has 0 spiro atoms. The largest absolute Gasteiger partial charge is 0.497 e. The van der Waals surface area contributed by atoms with E-state index in [0.717, 1.165) is 12.1 Å². The van der Waals surface area contributed by atoms with Gasteiger partial charge in [0, 0.05) is 62.6 Å². The molecule has 0 saturated carbocycles. The molecule has 3 rings (SSSR count). The number of ether oxygens (including phenoxy) is 1. The summed E-state index contributed by atoms with van der Waals surface area (Å²) in [7, 11) is 1.47. The van der Waals surface area contributed by atoms with Crippen LogP contribution < -0.4 is 4.74 Å². The first-order valence-corrected chi connectivity index (χ1v) is 9.45. The molecule has 2 aromatic rings. The molecule has 0 amide bonds. The predicted molar refractivity (Wildman–Crippen MR) is 100 cm³/mol. The lowest BCUT2D eigenvalue weighted by Gasteiger charge is -2.41. The lowest BCUT2D eigenvalue weighted by molar-refractivity contribution is 0.0481. The third-order valence-corrected chi connectivity index (χ3v) is 5.31. The predicted octanol–water partition coefficient (Wildman–Crippen LogP) is 3.32. The summed E-state index contributed by atoms with van der Waals surface area (Å²) in [4.78, 5) is 3.86. The topological polar surface area (TPSA) is 35.9 Å². The smallest absolute Gasteiger partial charge is 0.166 e. The summed E-state index contributed by atoms with van der Waals surface area (Å²) in [5.74, 6) is -2.99. The Labute approximate surface area is 167 Å². The normalized spacial score (nSPS) is 18.2. The van der Waals surface area contributed by atoms with E-state index in [1.807, 2.05) is 9.80 Å². The molecule has 0 radical (unpaired) electrons. The molecule has 2 aromatic carbocycles. The fraction of sp³-hybridized carbons (Fsp3) is 0.429. The molecular formula is C21H24F4N2O2. The van der Waals surface area contributed by atoms with Gasteiger partial charge in [0.25, 0.3) is 0 Å². The summed E-state index contributed by atoms with van der Waals surface area (Å²) < 4.78 is 60.7. The zero-order chi connectivity index (χ0) is 21.0. The van der Waals surface area contributed by atoms with Crippen molar-refractivity contribution < 1.29 is 27.4 Å². The van der Waals surface area contributed by atoms with Crippen molar-refractivity contribution in [2.75, 3.05) is 33.4 Å². The van der Waals surface area contributed by atoms with E-state index in [9.17, 15) is 22.7 Å². The molecule has 0 aliphatic carbocycles. The van der Waals surface area contributed by atoms with Gasteiger partial charge < -0.3 is 9.84 Å². The van der Waals surface area contributed by atoms with E-state index >= 15 is 0 Å². The van der Waals surface area contributed by atoms with Crippen LogP contribution in [0.5, 0.6) is 5.75 Å². The molecule has 8 heteroatoms. The molecule has 158 valence electrons. The van der Waals surface area contributed by atoms with Crippen LogP contribution >= 0.6 is 0 Å². The monoisotopic (exact) mass is 412 g/mol. The molecule has 0 unspecified atom stereocenters. The fourth-order valence-corrected chi connectivity index (χ4v) is 3.67. The van der Waals surface area contributed by atoms with Crippen LogP contribution in [-0.2, 0) is 13.1 Å². The van der Waals surface area contributed by atoms with Crippen LogP contribution in [0, 0.1) is 23.3 Å². The van der Waals surface area contributed by atoms with Crippen molar-refractivity contribution in [3.63, 3.8) is 0 Å². The highest BCUT2D eigenvalue weighted by Crippen LogP contribution is 2.24. The molecule has 4 nitrogen and oxygen atoms in total. The number of hydrogen-bond donors (Lipinski definition) is 1. The van der Waals surface area contributed by atoms with E-state index in [0.29, 0.717) is 43.9 Å². The number of halogens is 4. The summed E-state index contributed by atoms with van der Waals surface area (Å²) in [6, 6.07) is 6.22. The average molecular weight is 412 g/mol. The Morgan fingerprint density at radius 2 is 1.76 bits per heavy atom. The van der Waals surface area contributed by atoms with E-state index < -0.39 is 17.5 Å². The van der Waals surface area contributed by atoms with Gasteiger partial charge in [-0.15, -0.1) is 0 Å². The summed E-state index contributed by atoms with van der Waals surface area (Å²) in [6.45, 7) is 1.64. The van der Waals surface area contributed by atoms with Crippen LogP contribution in [-0.4, -0.2) is 54.3 Å². The van der Waals surface area contributed by atoms with Crippen LogP contribution in [0.4, 0.5) is 17.6 Å². The first-order valence-electron chi connectivity index (χ1n) is 9.45. The minimum absolute atomic E-state index is 0.0667. The number of rotatable bonds is 7. The third kappa shape index (κ3) is 5.07. The number of aliphatic hydroxyl groups is 1. The van der Waals surface area contributed by atoms with Gasteiger partial charge in [-0.3, -0.25) is 9.80 Å². The zero-order valence-electron chi connectivity index (χ0n) is 16.2. The van der Waals surface area contributed by atoms with Crippen molar-refractivity contribution in [1.82, 2.24) is 9.80 Å². The molecule has 1 heterocycles. The van der Waals surface area contributed by atoms with Crippen LogP contribution in [0.1, 0.15) is 17.5 Å². The Kier molecular flexibility index (Phi) is 7.10. The Morgan fingerprint density at radius 1 is 1.00 bits per heavy atom. The van der Waals surface area contributed by atoms with Crippen LogP contribution in [0.15, 0.2) is 30.3 Å². The molecule has 1 aliphatic heterocycles. The van der Waals surface area contributed by atoms with Crippen LogP contribution in [0.25, 0.3) is 0 Å². The minimum Gasteiger partial charge on any atom is -0.497 e. The number of hydrogen-bond acceptors (Lipinski definition) is 4. The van der Waals surface area contributed by atoms with Crippen molar-refractivity contribution in [1.29, 1.82) is 0 Å². The molecule has 1 N–H and O–H groups in total. The molecule has 0 bridgehead atoms. The van der Waals surface area contributed by atoms with Crippen LogP contribution in [0.2, 0.25) is 0 Å². The maximum Gasteiger partial charge on any atom is 0.166 e. The van der Waals surface area contributed by atoms with E-state index in [1.165, 1.54) is 13.2 Å². The number of piperazine rings is 1. The summed E-state index contributed by atoms with van der Waals surface area (Å²) >= 11 is 0. The average Bonchev–Trinajstić information content (AvgIpc) is 2.71. The van der Waals surface area contributed by atoms with Gasteiger partial charge in [-0.25, -0.2) is 17.6 Å². The molecule has 1 atom stereocenters. The number of aliphatic hydroxyl groups excluding tert-OH is 1. The van der Waals surface area contributed by atoms with Gasteiger partial charge in [0.2, 0.25) is 0 Å². The van der Waals surface area contributed by atoms with Gasteiger partial charge in [-0.1, -0.05) is 6.07 Å². The second kappa shape index (κ2) is 9.56. The maximum absolute atomic E-state index is 14.3. The van der Waals surface area contributed by atoms with Gasteiger partial charge in [0.15, 0.2) is 11.6 Å². The quantitative estimate of drug-likeness (QED) is 0.559. The highest BCUT2D eigenvalue weighted by atomic mass is 19.2. The van der Waals surface area contributed by atoms with E-state index in [1.54, 1.807) is 12.1 Å². The summed E-state index contributed by atoms with van der Waals surface area (Å²) in [6.07, 6.45) is 0.433. The van der Waals surface area contributed by atoms with Gasteiger partial charge >= 0.3 is 0 Å². The van der Waals surface area contributed by atoms with Gasteiger partial charge in [-0.2, -0.15) is 0 Å². The Balaban J connectivity index is 1.71. The molecular weight excluding hydrogens is 388 g/mol. The lowest BCUT2D eigenvalue weighted by atomic mass is 10.1. The SMILES string of the molecule is COc1ccc(CN2CCN(Cc3c(F)ccc(F)c3F)C[C@@H]2CCO)c(F)c1. The Bertz CT molecular complexity index is 850. The number of benzene rings is 2. The third-order valence-electron chi connectivity index (χ3n) is 5.31. The van der Waals surface area contributed by atoms with Crippen molar-refractivity contribution >= 4 is 0 Å². The second-order valence-corrected chi connectivity index (χ2v) is 7.15. The van der Waals surface area contributed by atoms with Crippen molar-refractivity contribution in [3.8, 4) is 5.75 Å². The zero-order valence-corrected chi connectivity index (χ0v) is 16.2. The van der Waals surface area contributed by atoms with Crippen molar-refractivity contribution in [3.05, 3.63) is 64.7 Å². The van der Waals surface area contributed by atoms with Crippen molar-refractivity contribution in [2.45, 2.75) is 25.6 Å².